The van der Waals surface area contributed by atoms with Gasteiger partial charge in [-0.3, -0.25) is 4.79 Å². The van der Waals surface area contributed by atoms with Crippen LogP contribution < -0.4 is 10.1 Å². The Bertz CT molecular complexity index is 825. The number of hydrogen-bond acceptors (Lipinski definition) is 2. The van der Waals surface area contributed by atoms with Crippen LogP contribution >= 0.6 is 15.9 Å². The zero-order chi connectivity index (χ0) is 16.2. The molecular formula is C18H17BrN2O2. The number of rotatable bonds is 5. The smallest absolute Gasteiger partial charge is 0.251 e. The Hall–Kier alpha value is -2.27. The van der Waals surface area contributed by atoms with Crippen LogP contribution in [0.5, 0.6) is 5.75 Å². The number of nitrogens with one attached hydrogen (secondary N) is 2. The number of aromatic nitrogens is 1. The summed E-state index contributed by atoms with van der Waals surface area (Å²) in [4.78, 5) is 15.3. The van der Waals surface area contributed by atoms with Crippen molar-refractivity contribution in [2.24, 2.45) is 0 Å². The molecule has 0 saturated carbocycles. The quantitative estimate of drug-likeness (QED) is 0.713. The van der Waals surface area contributed by atoms with Gasteiger partial charge in [0.25, 0.3) is 5.91 Å². The molecule has 0 atom stereocenters. The SMILES string of the molecule is COc1ccc2[nH]cc(CCNC(=O)c3ccc(Br)cc3)c2c1. The second-order valence-electron chi connectivity index (χ2n) is 5.24. The average Bonchev–Trinajstić information content (AvgIpc) is 2.97. The minimum absolute atomic E-state index is 0.0603. The molecule has 0 aliphatic rings. The Balaban J connectivity index is 1.64. The number of amides is 1. The Morgan fingerprint density at radius 2 is 2.00 bits per heavy atom. The van der Waals surface area contributed by atoms with Gasteiger partial charge < -0.3 is 15.0 Å². The van der Waals surface area contributed by atoms with E-state index in [1.165, 1.54) is 0 Å². The van der Waals surface area contributed by atoms with Crippen molar-refractivity contribution in [2.75, 3.05) is 13.7 Å². The van der Waals surface area contributed by atoms with Gasteiger partial charge in [0.1, 0.15) is 5.75 Å². The molecule has 1 amide bonds. The van der Waals surface area contributed by atoms with Gasteiger partial charge in [0, 0.05) is 33.7 Å². The van der Waals surface area contributed by atoms with Crippen LogP contribution in [0.3, 0.4) is 0 Å². The molecule has 2 aromatic carbocycles. The highest BCUT2D eigenvalue weighted by atomic mass is 79.9. The van der Waals surface area contributed by atoms with E-state index in [9.17, 15) is 4.79 Å². The largest absolute Gasteiger partial charge is 0.497 e. The minimum atomic E-state index is -0.0603. The van der Waals surface area contributed by atoms with Gasteiger partial charge >= 0.3 is 0 Å². The van der Waals surface area contributed by atoms with Crippen LogP contribution in [0, 0.1) is 0 Å². The Kier molecular flexibility index (Phi) is 4.67. The van der Waals surface area contributed by atoms with Crippen molar-refractivity contribution in [3.63, 3.8) is 0 Å². The fraction of sp³-hybridized carbons (Fsp3) is 0.167. The number of aromatic amines is 1. The second kappa shape index (κ2) is 6.87. The van der Waals surface area contributed by atoms with Gasteiger partial charge in [-0.1, -0.05) is 15.9 Å². The highest BCUT2D eigenvalue weighted by Gasteiger charge is 2.07. The molecule has 0 radical (unpaired) electrons. The number of hydrogen-bond donors (Lipinski definition) is 2. The van der Waals surface area contributed by atoms with Crippen LogP contribution in [0.4, 0.5) is 0 Å². The Morgan fingerprint density at radius 3 is 2.74 bits per heavy atom. The predicted molar refractivity (Wildman–Crippen MR) is 95.0 cm³/mol. The first-order valence-electron chi connectivity index (χ1n) is 7.35. The van der Waals surface area contributed by atoms with Crippen molar-refractivity contribution in [1.29, 1.82) is 0 Å². The lowest BCUT2D eigenvalue weighted by atomic mass is 10.1. The first-order valence-corrected chi connectivity index (χ1v) is 8.14. The third-order valence-electron chi connectivity index (χ3n) is 3.76. The first-order chi connectivity index (χ1) is 11.2. The monoisotopic (exact) mass is 372 g/mol. The van der Waals surface area contributed by atoms with Crippen LogP contribution in [0.2, 0.25) is 0 Å². The topological polar surface area (TPSA) is 54.1 Å². The number of H-pyrrole nitrogens is 1. The molecule has 0 aliphatic heterocycles. The van der Waals surface area contributed by atoms with Gasteiger partial charge in [-0.25, -0.2) is 0 Å². The number of ether oxygens (including phenoxy) is 1. The van der Waals surface area contributed by atoms with Crippen LogP contribution in [0.25, 0.3) is 10.9 Å². The standard InChI is InChI=1S/C18H17BrN2O2/c1-23-15-6-7-17-16(10-15)13(11-21-17)8-9-20-18(22)12-2-4-14(19)5-3-12/h2-7,10-11,21H,8-9H2,1H3,(H,20,22). The van der Waals surface area contributed by atoms with Crippen molar-refractivity contribution < 1.29 is 9.53 Å². The van der Waals surface area contributed by atoms with Gasteiger partial charge in [-0.2, -0.15) is 0 Å². The summed E-state index contributed by atoms with van der Waals surface area (Å²) in [5.74, 6) is 0.771. The third-order valence-corrected chi connectivity index (χ3v) is 4.29. The summed E-state index contributed by atoms with van der Waals surface area (Å²) in [7, 11) is 1.66. The molecule has 0 unspecified atom stereocenters. The van der Waals surface area contributed by atoms with Crippen LogP contribution in [0.1, 0.15) is 15.9 Å². The third kappa shape index (κ3) is 3.56. The van der Waals surface area contributed by atoms with E-state index in [1.54, 1.807) is 19.2 Å². The molecule has 0 saturated heterocycles. The Morgan fingerprint density at radius 1 is 1.22 bits per heavy atom. The molecule has 3 rings (SSSR count). The molecule has 1 heterocycles. The minimum Gasteiger partial charge on any atom is -0.497 e. The number of benzene rings is 2. The molecule has 5 heteroatoms. The highest BCUT2D eigenvalue weighted by molar-refractivity contribution is 9.10. The molecule has 118 valence electrons. The number of carbonyl (C=O) groups excluding carboxylic acids is 1. The molecule has 1 aromatic heterocycles. The lowest BCUT2D eigenvalue weighted by Crippen LogP contribution is -2.25. The number of fused-ring (bicyclic) bond motifs is 1. The maximum absolute atomic E-state index is 12.1. The molecule has 23 heavy (non-hydrogen) atoms. The molecule has 3 aromatic rings. The summed E-state index contributed by atoms with van der Waals surface area (Å²) in [5, 5.41) is 4.08. The van der Waals surface area contributed by atoms with E-state index >= 15 is 0 Å². The molecule has 2 N–H and O–H groups in total. The summed E-state index contributed by atoms with van der Waals surface area (Å²) in [6.45, 7) is 0.582. The maximum atomic E-state index is 12.1. The van der Waals surface area contributed by atoms with Crippen LogP contribution in [0.15, 0.2) is 53.1 Å². The lowest BCUT2D eigenvalue weighted by molar-refractivity contribution is 0.0954. The summed E-state index contributed by atoms with van der Waals surface area (Å²) in [6, 6.07) is 13.3. The molecule has 0 bridgehead atoms. The first kappa shape index (κ1) is 15.6. The van der Waals surface area contributed by atoms with Gasteiger partial charge in [0.2, 0.25) is 0 Å². The van der Waals surface area contributed by atoms with E-state index in [2.05, 4.69) is 26.2 Å². The van der Waals surface area contributed by atoms with Crippen LogP contribution in [-0.4, -0.2) is 24.5 Å². The molecule has 0 spiro atoms. The predicted octanol–water partition coefficient (Wildman–Crippen LogP) is 3.91. The lowest BCUT2D eigenvalue weighted by Gasteiger charge is -2.05. The summed E-state index contributed by atoms with van der Waals surface area (Å²) >= 11 is 3.36. The van der Waals surface area contributed by atoms with E-state index in [0.717, 1.165) is 33.1 Å². The number of halogens is 1. The van der Waals surface area contributed by atoms with Crippen molar-refractivity contribution in [2.45, 2.75) is 6.42 Å². The number of carbonyl (C=O) groups is 1. The van der Waals surface area contributed by atoms with E-state index < -0.39 is 0 Å². The van der Waals surface area contributed by atoms with E-state index in [-0.39, 0.29) is 5.91 Å². The van der Waals surface area contributed by atoms with Gasteiger partial charge in [0.15, 0.2) is 0 Å². The van der Waals surface area contributed by atoms with Crippen molar-refractivity contribution >= 4 is 32.7 Å². The normalized spacial score (nSPS) is 10.7. The van der Waals surface area contributed by atoms with Gasteiger partial charge in [-0.05, 0) is 54.4 Å². The zero-order valence-corrected chi connectivity index (χ0v) is 14.3. The van der Waals surface area contributed by atoms with Crippen LogP contribution in [-0.2, 0) is 6.42 Å². The zero-order valence-electron chi connectivity index (χ0n) is 12.7. The fourth-order valence-corrected chi connectivity index (χ4v) is 2.77. The average molecular weight is 373 g/mol. The summed E-state index contributed by atoms with van der Waals surface area (Å²) < 4.78 is 6.23. The molecule has 0 fully saturated rings. The maximum Gasteiger partial charge on any atom is 0.251 e. The van der Waals surface area contributed by atoms with Gasteiger partial charge in [0.05, 0.1) is 7.11 Å². The molecular weight excluding hydrogens is 356 g/mol. The fourth-order valence-electron chi connectivity index (χ4n) is 2.51. The summed E-state index contributed by atoms with van der Waals surface area (Å²) in [5.41, 5.74) is 2.89. The van der Waals surface area contributed by atoms with Crippen molar-refractivity contribution in [3.05, 3.63) is 64.3 Å². The second-order valence-corrected chi connectivity index (χ2v) is 6.15. The Labute approximate surface area is 143 Å². The van der Waals surface area contributed by atoms with Crippen molar-refractivity contribution in [1.82, 2.24) is 10.3 Å². The van der Waals surface area contributed by atoms with Gasteiger partial charge in [-0.15, -0.1) is 0 Å². The van der Waals surface area contributed by atoms with Crippen molar-refractivity contribution in [3.8, 4) is 5.75 Å². The number of methoxy groups -OCH3 is 1. The molecule has 4 nitrogen and oxygen atoms in total. The van der Waals surface area contributed by atoms with E-state index in [4.69, 9.17) is 4.74 Å². The van der Waals surface area contributed by atoms with E-state index in [0.29, 0.717) is 12.1 Å². The molecule has 0 aliphatic carbocycles. The summed E-state index contributed by atoms with van der Waals surface area (Å²) in [6.07, 6.45) is 2.74. The highest BCUT2D eigenvalue weighted by Crippen LogP contribution is 2.23. The van der Waals surface area contributed by atoms with E-state index in [1.807, 2.05) is 36.5 Å².